The number of nitrogens with one attached hydrogen (secondary N) is 1. The summed E-state index contributed by atoms with van der Waals surface area (Å²) in [5.41, 5.74) is 1.37. The van der Waals surface area contributed by atoms with Gasteiger partial charge in [0.25, 0.3) is 0 Å². The van der Waals surface area contributed by atoms with Crippen LogP contribution in [0, 0.1) is 0 Å². The number of hydrogen-bond acceptors (Lipinski definition) is 3. The van der Waals surface area contributed by atoms with Crippen LogP contribution >= 0.6 is 24.0 Å². The molecule has 1 fully saturated rings. The van der Waals surface area contributed by atoms with Crippen LogP contribution in [0.15, 0.2) is 35.3 Å². The average molecular weight is 488 g/mol. The van der Waals surface area contributed by atoms with Crippen LogP contribution < -0.4 is 5.32 Å². The molecule has 1 aliphatic heterocycles. The summed E-state index contributed by atoms with van der Waals surface area (Å²) in [5.74, 6) is 1.35. The quantitative estimate of drug-likeness (QED) is 0.265. The van der Waals surface area contributed by atoms with Crippen LogP contribution in [0.5, 0.6) is 0 Å². The summed E-state index contributed by atoms with van der Waals surface area (Å²) in [6.45, 7) is 6.32. The lowest BCUT2D eigenvalue weighted by Crippen LogP contribution is -2.41. The second-order valence-corrected chi connectivity index (χ2v) is 6.75. The van der Waals surface area contributed by atoms with Crippen molar-refractivity contribution in [1.82, 2.24) is 15.1 Å². The number of ether oxygens (including phenoxy) is 1. The SMILES string of the molecule is CCOCCCNC(=NCC(=O)N(C)C)N1CCC(c2ccccc2)C1.I. The number of aliphatic imine (C=N–C) groups is 1. The maximum Gasteiger partial charge on any atom is 0.243 e. The third-order valence-electron chi connectivity index (χ3n) is 4.57. The fourth-order valence-electron chi connectivity index (χ4n) is 3.02. The van der Waals surface area contributed by atoms with Crippen LogP contribution in [-0.2, 0) is 9.53 Å². The first-order valence-electron chi connectivity index (χ1n) is 9.48. The van der Waals surface area contributed by atoms with Gasteiger partial charge in [0.1, 0.15) is 6.54 Å². The highest BCUT2D eigenvalue weighted by Crippen LogP contribution is 2.26. The van der Waals surface area contributed by atoms with Gasteiger partial charge in [0, 0.05) is 52.9 Å². The number of carbonyl (C=O) groups is 1. The van der Waals surface area contributed by atoms with Gasteiger partial charge in [-0.1, -0.05) is 30.3 Å². The van der Waals surface area contributed by atoms with Crippen LogP contribution in [0.2, 0.25) is 0 Å². The Kier molecular flexibility index (Phi) is 11.3. The number of hydrogen-bond donors (Lipinski definition) is 1. The van der Waals surface area contributed by atoms with Gasteiger partial charge in [0.05, 0.1) is 0 Å². The van der Waals surface area contributed by atoms with E-state index in [9.17, 15) is 4.79 Å². The van der Waals surface area contributed by atoms with Crippen molar-refractivity contribution in [3.8, 4) is 0 Å². The van der Waals surface area contributed by atoms with E-state index in [1.54, 1.807) is 19.0 Å². The Bertz CT molecular complexity index is 581. The van der Waals surface area contributed by atoms with Gasteiger partial charge in [0.15, 0.2) is 5.96 Å². The molecule has 7 heteroatoms. The molecule has 0 aliphatic carbocycles. The molecule has 2 rings (SSSR count). The highest BCUT2D eigenvalue weighted by molar-refractivity contribution is 14.0. The molecule has 152 valence electrons. The van der Waals surface area contributed by atoms with Crippen LogP contribution in [0.4, 0.5) is 0 Å². The van der Waals surface area contributed by atoms with E-state index in [1.807, 2.05) is 6.92 Å². The minimum atomic E-state index is 0. The summed E-state index contributed by atoms with van der Waals surface area (Å²) in [6.07, 6.45) is 2.02. The summed E-state index contributed by atoms with van der Waals surface area (Å²) in [6, 6.07) is 10.6. The van der Waals surface area contributed by atoms with Crippen LogP contribution in [-0.4, -0.2) is 75.2 Å². The Labute approximate surface area is 180 Å². The van der Waals surface area contributed by atoms with Gasteiger partial charge in [-0.2, -0.15) is 0 Å². The maximum absolute atomic E-state index is 11.9. The summed E-state index contributed by atoms with van der Waals surface area (Å²) in [5, 5.41) is 3.41. The molecule has 1 aromatic carbocycles. The lowest BCUT2D eigenvalue weighted by Gasteiger charge is -2.22. The molecular weight excluding hydrogens is 455 g/mol. The lowest BCUT2D eigenvalue weighted by molar-refractivity contribution is -0.127. The molecule has 1 aliphatic rings. The zero-order valence-electron chi connectivity index (χ0n) is 16.7. The summed E-state index contributed by atoms with van der Waals surface area (Å²) in [4.78, 5) is 20.3. The molecule has 0 bridgehead atoms. The second kappa shape index (κ2) is 12.9. The van der Waals surface area contributed by atoms with Crippen LogP contribution in [0.1, 0.15) is 31.2 Å². The van der Waals surface area contributed by atoms with E-state index in [0.29, 0.717) is 5.92 Å². The van der Waals surface area contributed by atoms with Gasteiger partial charge in [-0.05, 0) is 25.3 Å². The predicted molar refractivity (Wildman–Crippen MR) is 121 cm³/mol. The zero-order valence-corrected chi connectivity index (χ0v) is 19.0. The Hall–Kier alpha value is -1.35. The van der Waals surface area contributed by atoms with Crippen molar-refractivity contribution in [2.75, 3.05) is 53.5 Å². The van der Waals surface area contributed by atoms with Crippen LogP contribution in [0.25, 0.3) is 0 Å². The number of amides is 1. The standard InChI is InChI=1S/C20H32N4O2.HI/c1-4-26-14-8-12-21-20(22-15-19(25)23(2)3)24-13-11-18(16-24)17-9-6-5-7-10-17;/h5-7,9-10,18H,4,8,11-16H2,1-3H3,(H,21,22);1H. The van der Waals surface area contributed by atoms with E-state index in [2.05, 4.69) is 45.5 Å². The highest BCUT2D eigenvalue weighted by Gasteiger charge is 2.26. The molecule has 1 amide bonds. The third-order valence-corrected chi connectivity index (χ3v) is 4.57. The Morgan fingerprint density at radius 2 is 2.07 bits per heavy atom. The van der Waals surface area contributed by atoms with E-state index in [0.717, 1.165) is 51.6 Å². The molecule has 1 heterocycles. The number of likely N-dealkylation sites (N-methyl/N-ethyl adjacent to an activating group) is 1. The Morgan fingerprint density at radius 3 is 2.74 bits per heavy atom. The maximum atomic E-state index is 11.9. The number of nitrogens with zero attached hydrogens (tertiary/aromatic N) is 3. The van der Waals surface area contributed by atoms with Crippen molar-refractivity contribution >= 4 is 35.8 Å². The molecule has 0 saturated carbocycles. The third kappa shape index (κ3) is 8.04. The van der Waals surface area contributed by atoms with Gasteiger partial charge in [-0.25, -0.2) is 4.99 Å². The highest BCUT2D eigenvalue weighted by atomic mass is 127. The molecule has 0 spiro atoms. The molecule has 0 aromatic heterocycles. The van der Waals surface area contributed by atoms with E-state index < -0.39 is 0 Å². The molecule has 1 aromatic rings. The predicted octanol–water partition coefficient (Wildman–Crippen LogP) is 2.55. The summed E-state index contributed by atoms with van der Waals surface area (Å²) >= 11 is 0. The first-order chi connectivity index (χ1) is 12.6. The van der Waals surface area contributed by atoms with Crippen molar-refractivity contribution in [1.29, 1.82) is 0 Å². The lowest BCUT2D eigenvalue weighted by atomic mass is 9.99. The minimum absolute atomic E-state index is 0. The van der Waals surface area contributed by atoms with Crippen LogP contribution in [0.3, 0.4) is 0 Å². The fourth-order valence-corrected chi connectivity index (χ4v) is 3.02. The van der Waals surface area contributed by atoms with Gasteiger partial charge >= 0.3 is 0 Å². The molecular formula is C20H33IN4O2. The molecule has 1 N–H and O–H groups in total. The normalized spacial score (nSPS) is 16.8. The van der Waals surface area contributed by atoms with Gasteiger partial charge in [-0.3, -0.25) is 4.79 Å². The molecule has 1 unspecified atom stereocenters. The van der Waals surface area contributed by atoms with Crippen molar-refractivity contribution in [2.45, 2.75) is 25.7 Å². The first kappa shape index (κ1) is 23.7. The topological polar surface area (TPSA) is 57.2 Å². The molecule has 1 saturated heterocycles. The Morgan fingerprint density at radius 1 is 1.33 bits per heavy atom. The van der Waals surface area contributed by atoms with Crippen molar-refractivity contribution in [3.63, 3.8) is 0 Å². The van der Waals surface area contributed by atoms with E-state index in [4.69, 9.17) is 4.74 Å². The largest absolute Gasteiger partial charge is 0.382 e. The van der Waals surface area contributed by atoms with Crippen molar-refractivity contribution in [2.24, 2.45) is 4.99 Å². The Balaban J connectivity index is 0.00000364. The second-order valence-electron chi connectivity index (χ2n) is 6.75. The van der Waals surface area contributed by atoms with Gasteiger partial charge in [-0.15, -0.1) is 24.0 Å². The summed E-state index contributed by atoms with van der Waals surface area (Å²) in [7, 11) is 3.52. The first-order valence-corrected chi connectivity index (χ1v) is 9.48. The summed E-state index contributed by atoms with van der Waals surface area (Å²) < 4.78 is 5.39. The van der Waals surface area contributed by atoms with Gasteiger partial charge in [0.2, 0.25) is 5.91 Å². The van der Waals surface area contributed by atoms with Crippen molar-refractivity contribution in [3.05, 3.63) is 35.9 Å². The number of rotatable bonds is 8. The molecule has 0 radical (unpaired) electrons. The molecule has 6 nitrogen and oxygen atoms in total. The van der Waals surface area contributed by atoms with E-state index in [-0.39, 0.29) is 36.4 Å². The number of guanidine groups is 1. The minimum Gasteiger partial charge on any atom is -0.382 e. The monoisotopic (exact) mass is 488 g/mol. The number of likely N-dealkylation sites (tertiary alicyclic amines) is 1. The zero-order chi connectivity index (χ0) is 18.8. The smallest absolute Gasteiger partial charge is 0.243 e. The van der Waals surface area contributed by atoms with E-state index in [1.165, 1.54) is 5.56 Å². The average Bonchev–Trinajstić information content (AvgIpc) is 3.14. The molecule has 27 heavy (non-hydrogen) atoms. The number of benzene rings is 1. The number of carbonyl (C=O) groups excluding carboxylic acids is 1. The van der Waals surface area contributed by atoms with Crippen molar-refractivity contribution < 1.29 is 9.53 Å². The molecule has 1 atom stereocenters. The van der Waals surface area contributed by atoms with Gasteiger partial charge < -0.3 is 19.9 Å². The van der Waals surface area contributed by atoms with E-state index >= 15 is 0 Å². The fraction of sp³-hybridized carbons (Fsp3) is 0.600. The number of halogens is 1.